The van der Waals surface area contributed by atoms with Gasteiger partial charge in [0.05, 0.1) is 17.6 Å². The van der Waals surface area contributed by atoms with Crippen molar-refractivity contribution >= 4 is 11.0 Å². The van der Waals surface area contributed by atoms with E-state index in [0.29, 0.717) is 23.6 Å². The Hall–Kier alpha value is -3.19. The quantitative estimate of drug-likeness (QED) is 0.359. The Morgan fingerprint density at radius 2 is 1.63 bits per heavy atom. The average Bonchev–Trinajstić information content (AvgIpc) is 3.24. The first kappa shape index (κ1) is 22.3. The van der Waals surface area contributed by atoms with E-state index in [4.69, 9.17) is 19.5 Å². The molecule has 2 saturated heterocycles. The van der Waals surface area contributed by atoms with Crippen LogP contribution in [0.4, 0.5) is 0 Å². The van der Waals surface area contributed by atoms with Crippen LogP contribution in [0.3, 0.4) is 0 Å². The lowest BCUT2D eigenvalue weighted by molar-refractivity contribution is -0.626. The maximum atomic E-state index is 13.6. The molecule has 35 heavy (non-hydrogen) atoms. The third-order valence-electron chi connectivity index (χ3n) is 7.57. The lowest BCUT2D eigenvalue weighted by Crippen LogP contribution is -2.73. The van der Waals surface area contributed by atoms with E-state index in [1.807, 2.05) is 71.3 Å². The molecule has 0 amide bonds. The molecular formula is C29H29N2O4-. The number of nitrogens with zero attached hydrogens (tertiary/aromatic N) is 2. The van der Waals surface area contributed by atoms with Crippen molar-refractivity contribution in [2.75, 3.05) is 6.61 Å². The van der Waals surface area contributed by atoms with Crippen molar-refractivity contribution in [2.24, 2.45) is 10.8 Å². The maximum absolute atomic E-state index is 13.6. The van der Waals surface area contributed by atoms with Gasteiger partial charge in [0.15, 0.2) is 5.60 Å². The van der Waals surface area contributed by atoms with E-state index >= 15 is 0 Å². The van der Waals surface area contributed by atoms with Gasteiger partial charge in [0.1, 0.15) is 5.82 Å². The van der Waals surface area contributed by atoms with Gasteiger partial charge in [-0.3, -0.25) is 4.57 Å². The second-order valence-corrected chi connectivity index (χ2v) is 11.2. The van der Waals surface area contributed by atoms with Crippen LogP contribution in [0.5, 0.6) is 5.75 Å². The highest BCUT2D eigenvalue weighted by Crippen LogP contribution is 2.69. The summed E-state index contributed by atoms with van der Waals surface area (Å²) in [5.41, 5.74) is 2.56. The molecule has 2 unspecified atom stereocenters. The predicted molar refractivity (Wildman–Crippen MR) is 132 cm³/mol. The summed E-state index contributed by atoms with van der Waals surface area (Å²) in [6.45, 7) is 11.1. The Morgan fingerprint density at radius 3 is 2.29 bits per heavy atom. The van der Waals surface area contributed by atoms with Crippen LogP contribution in [0.15, 0.2) is 72.8 Å². The summed E-state index contributed by atoms with van der Waals surface area (Å²) >= 11 is 0. The molecular weight excluding hydrogens is 440 g/mol. The van der Waals surface area contributed by atoms with Gasteiger partial charge in [-0.2, -0.15) is 4.89 Å². The van der Waals surface area contributed by atoms with Gasteiger partial charge in [0.2, 0.25) is 0 Å². The summed E-state index contributed by atoms with van der Waals surface area (Å²) in [5, 5.41) is 13.6. The predicted octanol–water partition coefficient (Wildman–Crippen LogP) is 5.72. The molecule has 6 rings (SSSR count). The van der Waals surface area contributed by atoms with Gasteiger partial charge < -0.3 is 9.84 Å². The summed E-state index contributed by atoms with van der Waals surface area (Å²) < 4.78 is 8.33. The van der Waals surface area contributed by atoms with Gasteiger partial charge in [0.25, 0.3) is 5.79 Å². The van der Waals surface area contributed by atoms with Gasteiger partial charge in [-0.05, 0) is 24.3 Å². The average molecular weight is 470 g/mol. The molecule has 6 nitrogen and oxygen atoms in total. The molecule has 1 aromatic heterocycles. The molecule has 0 N–H and O–H groups in total. The molecule has 3 aromatic carbocycles. The molecule has 0 spiro atoms. The summed E-state index contributed by atoms with van der Waals surface area (Å²) in [5.74, 6) is -0.672. The molecule has 0 bridgehead atoms. The lowest BCUT2D eigenvalue weighted by Gasteiger charge is -2.61. The van der Waals surface area contributed by atoms with E-state index in [-0.39, 0.29) is 16.6 Å². The third kappa shape index (κ3) is 2.79. The van der Waals surface area contributed by atoms with E-state index in [1.54, 1.807) is 6.07 Å². The molecule has 4 aromatic rings. The first-order valence-corrected chi connectivity index (χ1v) is 12.0. The fraction of sp³-hybridized carbons (Fsp3) is 0.345. The molecule has 180 valence electrons. The zero-order valence-corrected chi connectivity index (χ0v) is 20.7. The minimum absolute atomic E-state index is 0.143. The summed E-state index contributed by atoms with van der Waals surface area (Å²) in [6.07, 6.45) is 0. The fourth-order valence-corrected chi connectivity index (χ4v) is 6.19. The Bertz CT molecular complexity index is 1440. The van der Waals surface area contributed by atoms with Crippen LogP contribution in [-0.4, -0.2) is 21.8 Å². The van der Waals surface area contributed by atoms with E-state index in [2.05, 4.69) is 34.6 Å². The fourth-order valence-electron chi connectivity index (χ4n) is 6.19. The first-order valence-electron chi connectivity index (χ1n) is 12.0. The number of para-hydroxylation sites is 3. The number of imidazole rings is 1. The largest absolute Gasteiger partial charge is 0.872 e. The maximum Gasteiger partial charge on any atom is 0.261 e. The van der Waals surface area contributed by atoms with E-state index < -0.39 is 11.4 Å². The number of hydrogen-bond acceptors (Lipinski definition) is 5. The van der Waals surface area contributed by atoms with Crippen LogP contribution >= 0.6 is 0 Å². The van der Waals surface area contributed by atoms with Gasteiger partial charge >= 0.3 is 0 Å². The topological polar surface area (TPSA) is 68.6 Å². The minimum atomic E-state index is -1.13. The molecule has 0 saturated carbocycles. The number of aromatic nitrogens is 2. The molecule has 2 atom stereocenters. The Balaban J connectivity index is 1.51. The van der Waals surface area contributed by atoms with Crippen molar-refractivity contribution < 1.29 is 19.6 Å². The second kappa shape index (κ2) is 7.17. The van der Waals surface area contributed by atoms with Crippen molar-refractivity contribution in [2.45, 2.75) is 46.0 Å². The van der Waals surface area contributed by atoms with Crippen LogP contribution in [0.1, 0.15) is 40.2 Å². The molecule has 0 aliphatic carbocycles. The zero-order chi connectivity index (χ0) is 24.6. The van der Waals surface area contributed by atoms with Gasteiger partial charge in [-0.1, -0.05) is 88.9 Å². The second-order valence-electron chi connectivity index (χ2n) is 11.2. The monoisotopic (exact) mass is 469 g/mol. The van der Waals surface area contributed by atoms with Gasteiger partial charge in [-0.15, -0.1) is 0 Å². The van der Waals surface area contributed by atoms with Crippen molar-refractivity contribution in [1.82, 2.24) is 9.55 Å². The van der Waals surface area contributed by atoms with E-state index in [1.165, 1.54) is 0 Å². The normalized spacial score (nSPS) is 25.4. The summed E-state index contributed by atoms with van der Waals surface area (Å²) in [6, 6.07) is 23.2. The third-order valence-corrected chi connectivity index (χ3v) is 7.57. The molecule has 6 heteroatoms. The van der Waals surface area contributed by atoms with Crippen LogP contribution < -0.4 is 5.11 Å². The Kier molecular flexibility index (Phi) is 4.56. The molecule has 0 radical (unpaired) electrons. The molecule has 2 aliphatic heterocycles. The van der Waals surface area contributed by atoms with Gasteiger partial charge in [0, 0.05) is 27.6 Å². The van der Waals surface area contributed by atoms with E-state index in [0.717, 1.165) is 16.7 Å². The number of fused-ring (bicyclic) bond motifs is 2. The van der Waals surface area contributed by atoms with E-state index in [9.17, 15) is 5.11 Å². The zero-order valence-electron chi connectivity index (χ0n) is 20.7. The van der Waals surface area contributed by atoms with Crippen LogP contribution in [0.25, 0.3) is 28.1 Å². The first-order chi connectivity index (χ1) is 16.6. The number of benzene rings is 3. The minimum Gasteiger partial charge on any atom is -0.872 e. The number of ether oxygens (including phenoxy) is 1. The SMILES string of the molecule is CC(C)(C)C12OOC1(c1ccc(-c3nc4ccccc4n3-c3ccccc3)c([O-])c1)OCC2(C)C. The highest BCUT2D eigenvalue weighted by Gasteiger charge is 2.81. The molecule has 2 aliphatic rings. The molecule has 2 fully saturated rings. The van der Waals surface area contributed by atoms with Crippen molar-refractivity contribution in [1.29, 1.82) is 0 Å². The molecule has 3 heterocycles. The Labute approximate surface area is 205 Å². The van der Waals surface area contributed by atoms with Crippen LogP contribution in [0, 0.1) is 10.8 Å². The van der Waals surface area contributed by atoms with Crippen molar-refractivity contribution in [3.05, 3.63) is 78.4 Å². The standard InChI is InChI=1S/C29H30N2O4/c1-26(2,3)29-27(4,5)18-33-28(29,34-35-29)19-15-16-21(24(32)17-19)25-30-22-13-9-10-14-23(22)31(25)20-11-7-6-8-12-20/h6-17,32H,18H2,1-5H3/p-1. The van der Waals surface area contributed by atoms with Crippen LogP contribution in [-0.2, 0) is 20.3 Å². The number of hydrogen-bond donors (Lipinski definition) is 0. The van der Waals surface area contributed by atoms with Gasteiger partial charge in [-0.25, -0.2) is 9.87 Å². The van der Waals surface area contributed by atoms with Crippen molar-refractivity contribution in [3.63, 3.8) is 0 Å². The number of rotatable bonds is 3. The highest BCUT2D eigenvalue weighted by atomic mass is 17.3. The smallest absolute Gasteiger partial charge is 0.261 e. The summed E-state index contributed by atoms with van der Waals surface area (Å²) in [7, 11) is 0. The summed E-state index contributed by atoms with van der Waals surface area (Å²) in [4.78, 5) is 16.5. The van der Waals surface area contributed by atoms with Crippen LogP contribution in [0.2, 0.25) is 0 Å². The van der Waals surface area contributed by atoms with Crippen molar-refractivity contribution in [3.8, 4) is 22.8 Å². The Morgan fingerprint density at radius 1 is 0.914 bits per heavy atom. The lowest BCUT2D eigenvalue weighted by atomic mass is 9.57. The highest BCUT2D eigenvalue weighted by molar-refractivity contribution is 5.84.